The maximum atomic E-state index is 13.7. The highest BCUT2D eigenvalue weighted by Gasteiger charge is 2.42. The number of hydrogen-bond donors (Lipinski definition) is 0. The first-order valence-electron chi connectivity index (χ1n) is 6.69. The van der Waals surface area contributed by atoms with E-state index >= 15 is 0 Å². The van der Waals surface area contributed by atoms with Crippen molar-refractivity contribution < 1.29 is 53.0 Å². The van der Waals surface area contributed by atoms with Crippen LogP contribution in [0.2, 0.25) is 0 Å². The van der Waals surface area contributed by atoms with Gasteiger partial charge in [0.2, 0.25) is 11.6 Å². The van der Waals surface area contributed by atoms with E-state index in [9.17, 15) is 48.3 Å². The molecule has 12 heteroatoms. The monoisotopic (exact) mass is 420 g/mol. The fourth-order valence-electron chi connectivity index (χ4n) is 2.02. The van der Waals surface area contributed by atoms with Crippen LogP contribution in [-0.2, 0) is 6.18 Å². The maximum Gasteiger partial charge on any atom is 0.422 e. The van der Waals surface area contributed by atoms with Crippen molar-refractivity contribution in [2.45, 2.75) is 6.18 Å². The summed E-state index contributed by atoms with van der Waals surface area (Å²) in [5, 5.41) is 0. The molecule has 0 bridgehead atoms. The van der Waals surface area contributed by atoms with Crippen molar-refractivity contribution in [2.24, 2.45) is 0 Å². The van der Waals surface area contributed by atoms with Gasteiger partial charge in [0.05, 0.1) is 7.11 Å². The van der Waals surface area contributed by atoms with Crippen LogP contribution in [0.25, 0.3) is 0 Å². The minimum atomic E-state index is -5.82. The summed E-state index contributed by atoms with van der Waals surface area (Å²) < 4.78 is 150. The van der Waals surface area contributed by atoms with Crippen LogP contribution in [0.3, 0.4) is 0 Å². The average molecular weight is 420 g/mol. The normalized spacial score (nSPS) is 11.3. The molecule has 0 saturated heterocycles. The number of halogens is 11. The van der Waals surface area contributed by atoms with Gasteiger partial charge in [-0.1, -0.05) is 11.8 Å². The minimum absolute atomic E-state index is 0.657. The summed E-state index contributed by atoms with van der Waals surface area (Å²) >= 11 is 0. The Hall–Kier alpha value is -2.97. The van der Waals surface area contributed by atoms with Crippen molar-refractivity contribution in [3.63, 3.8) is 0 Å². The van der Waals surface area contributed by atoms with Crippen molar-refractivity contribution in [3.05, 3.63) is 63.2 Å². The van der Waals surface area contributed by atoms with Gasteiger partial charge in [-0.15, -0.1) is 0 Å². The van der Waals surface area contributed by atoms with Crippen LogP contribution in [0.15, 0.2) is 0 Å². The summed E-state index contributed by atoms with van der Waals surface area (Å²) in [7, 11) is 0.657. The second-order valence-corrected chi connectivity index (χ2v) is 4.92. The lowest BCUT2D eigenvalue weighted by Crippen LogP contribution is -2.16. The van der Waals surface area contributed by atoms with Crippen LogP contribution in [0.5, 0.6) is 5.75 Å². The molecule has 0 spiro atoms. The fraction of sp³-hybridized carbons (Fsp3) is 0.125. The van der Waals surface area contributed by atoms with Gasteiger partial charge in [-0.25, -0.2) is 26.3 Å². The van der Waals surface area contributed by atoms with Crippen LogP contribution in [0.4, 0.5) is 48.3 Å². The van der Waals surface area contributed by atoms with Crippen molar-refractivity contribution in [2.75, 3.05) is 7.11 Å². The van der Waals surface area contributed by atoms with E-state index in [1.165, 1.54) is 5.92 Å². The van der Waals surface area contributed by atoms with Gasteiger partial charge in [0.1, 0.15) is 16.7 Å². The molecule has 0 fully saturated rings. The third-order valence-electron chi connectivity index (χ3n) is 3.29. The van der Waals surface area contributed by atoms with Gasteiger partial charge in [0.15, 0.2) is 40.7 Å². The van der Waals surface area contributed by atoms with Gasteiger partial charge in [-0.2, -0.15) is 22.0 Å². The molecule has 150 valence electrons. The predicted octanol–water partition coefficient (Wildman–Crippen LogP) is 5.23. The third-order valence-corrected chi connectivity index (χ3v) is 3.29. The second kappa shape index (κ2) is 7.21. The number of methoxy groups -OCH3 is 1. The highest BCUT2D eigenvalue weighted by atomic mass is 19.4. The topological polar surface area (TPSA) is 9.23 Å². The highest BCUT2D eigenvalue weighted by molar-refractivity contribution is 5.49. The minimum Gasteiger partial charge on any atom is -0.491 e. The summed E-state index contributed by atoms with van der Waals surface area (Å²) in [6.07, 6.45) is -5.82. The Morgan fingerprint density at radius 2 is 0.893 bits per heavy atom. The van der Waals surface area contributed by atoms with E-state index in [-0.39, 0.29) is 0 Å². The quantitative estimate of drug-likeness (QED) is 0.349. The van der Waals surface area contributed by atoms with Crippen LogP contribution < -0.4 is 4.74 Å². The summed E-state index contributed by atoms with van der Waals surface area (Å²) in [5.41, 5.74) is -6.64. The van der Waals surface area contributed by atoms with E-state index in [0.717, 1.165) is 5.92 Å². The van der Waals surface area contributed by atoms with Crippen molar-refractivity contribution >= 4 is 0 Å². The molecule has 2 rings (SSSR count). The molecule has 0 amide bonds. The Morgan fingerprint density at radius 1 is 0.571 bits per heavy atom. The zero-order valence-electron chi connectivity index (χ0n) is 13.1. The molecule has 2 aromatic carbocycles. The van der Waals surface area contributed by atoms with Crippen LogP contribution >= 0.6 is 0 Å². The van der Waals surface area contributed by atoms with Gasteiger partial charge < -0.3 is 4.74 Å². The molecule has 0 aliphatic carbocycles. The molecule has 1 nitrogen and oxygen atoms in total. The van der Waals surface area contributed by atoms with E-state index < -0.39 is 75.2 Å². The number of alkyl halides is 3. The zero-order valence-corrected chi connectivity index (χ0v) is 13.1. The predicted molar refractivity (Wildman–Crippen MR) is 70.1 cm³/mol. The van der Waals surface area contributed by atoms with Crippen molar-refractivity contribution in [3.8, 4) is 17.6 Å². The summed E-state index contributed by atoms with van der Waals surface area (Å²) in [5.74, 6) is -18.7. The van der Waals surface area contributed by atoms with Crippen LogP contribution in [0, 0.1) is 58.4 Å². The first kappa shape index (κ1) is 21.3. The van der Waals surface area contributed by atoms with Crippen LogP contribution in [0.1, 0.15) is 16.7 Å². The van der Waals surface area contributed by atoms with E-state index in [4.69, 9.17) is 0 Å². The molecule has 0 radical (unpaired) electrons. The van der Waals surface area contributed by atoms with Gasteiger partial charge in [-0.05, 0) is 0 Å². The maximum absolute atomic E-state index is 13.7. The number of ether oxygens (including phenoxy) is 1. The van der Waals surface area contributed by atoms with E-state index in [2.05, 4.69) is 4.74 Å². The first-order valence-corrected chi connectivity index (χ1v) is 6.69. The van der Waals surface area contributed by atoms with E-state index in [1.807, 2.05) is 0 Å². The highest BCUT2D eigenvalue weighted by Crippen LogP contribution is 2.37. The lowest BCUT2D eigenvalue weighted by Gasteiger charge is -2.11. The molecule has 0 heterocycles. The van der Waals surface area contributed by atoms with E-state index in [1.54, 1.807) is 0 Å². The average Bonchev–Trinajstić information content (AvgIpc) is 2.60. The van der Waals surface area contributed by atoms with Gasteiger partial charge in [0, 0.05) is 0 Å². The number of benzene rings is 2. The molecular formula is C16H3F11O. The largest absolute Gasteiger partial charge is 0.491 e. The third kappa shape index (κ3) is 3.32. The van der Waals surface area contributed by atoms with Crippen molar-refractivity contribution in [1.29, 1.82) is 0 Å². The summed E-state index contributed by atoms with van der Waals surface area (Å²) in [6.45, 7) is 0. The molecule has 0 aliphatic heterocycles. The molecule has 0 aliphatic rings. The van der Waals surface area contributed by atoms with Gasteiger partial charge in [0.25, 0.3) is 0 Å². The molecular weight excluding hydrogens is 417 g/mol. The molecule has 2 aromatic rings. The summed E-state index contributed by atoms with van der Waals surface area (Å²) in [6, 6.07) is 0. The molecule has 0 atom stereocenters. The van der Waals surface area contributed by atoms with E-state index in [0.29, 0.717) is 7.11 Å². The molecule has 0 unspecified atom stereocenters. The Kier molecular flexibility index (Phi) is 5.50. The van der Waals surface area contributed by atoms with Crippen molar-refractivity contribution in [1.82, 2.24) is 0 Å². The Morgan fingerprint density at radius 3 is 1.18 bits per heavy atom. The zero-order chi connectivity index (χ0) is 21.5. The summed E-state index contributed by atoms with van der Waals surface area (Å²) in [4.78, 5) is 0. The fourth-order valence-corrected chi connectivity index (χ4v) is 2.02. The Bertz CT molecular complexity index is 970. The number of rotatable bonds is 1. The van der Waals surface area contributed by atoms with Crippen LogP contribution in [-0.4, -0.2) is 7.11 Å². The SMILES string of the molecule is COc1c(F)c(F)c(C#Cc2c(F)c(F)c(C(F)(F)F)c(F)c2F)c(F)c1F. The lowest BCUT2D eigenvalue weighted by molar-refractivity contribution is -0.143. The molecule has 0 N–H and O–H groups in total. The second-order valence-electron chi connectivity index (χ2n) is 4.92. The van der Waals surface area contributed by atoms with Gasteiger partial charge in [-0.3, -0.25) is 0 Å². The first-order chi connectivity index (χ1) is 12.8. The van der Waals surface area contributed by atoms with Gasteiger partial charge >= 0.3 is 6.18 Å². The smallest absolute Gasteiger partial charge is 0.422 e. The molecule has 28 heavy (non-hydrogen) atoms. The Labute approximate surface area is 148 Å². The number of hydrogen-bond acceptors (Lipinski definition) is 1. The lowest BCUT2D eigenvalue weighted by atomic mass is 10.1. The standard InChI is InChI=1S/C16H3F11O/c1-28-15-13(23)9(19)5(10(20)14(15)24)3-2-4-7(17)11(21)6(16(25,26)27)12(22)8(4)18/h1H3. The Balaban J connectivity index is 2.77. The molecule has 0 saturated carbocycles. The molecule has 0 aromatic heterocycles.